The van der Waals surface area contributed by atoms with Crippen LogP contribution in [0.1, 0.15) is 43.4 Å². The van der Waals surface area contributed by atoms with E-state index in [1.807, 2.05) is 33.8 Å². The van der Waals surface area contributed by atoms with Gasteiger partial charge < -0.3 is 14.8 Å². The van der Waals surface area contributed by atoms with Crippen molar-refractivity contribution < 1.29 is 14.3 Å². The number of rotatable bonds is 6. The predicted octanol–water partition coefficient (Wildman–Crippen LogP) is 2.97. The zero-order valence-corrected chi connectivity index (χ0v) is 11.4. The maximum Gasteiger partial charge on any atom is 0.331 e. The lowest BCUT2D eigenvalue weighted by Crippen LogP contribution is -2.19. The van der Waals surface area contributed by atoms with E-state index >= 15 is 0 Å². The van der Waals surface area contributed by atoms with E-state index in [-0.39, 0.29) is 6.04 Å². The van der Waals surface area contributed by atoms with E-state index in [0.717, 1.165) is 17.1 Å². The number of hydrogen-bond acceptors (Lipinski definition) is 3. The van der Waals surface area contributed by atoms with Crippen LogP contribution in [0, 0.1) is 13.8 Å². The Morgan fingerprint density at radius 3 is 2.67 bits per heavy atom. The maximum absolute atomic E-state index is 10.8. The summed E-state index contributed by atoms with van der Waals surface area (Å²) in [5.41, 5.74) is 1.56. The van der Waals surface area contributed by atoms with E-state index < -0.39 is 5.97 Å². The highest BCUT2D eigenvalue weighted by atomic mass is 16.4. The van der Waals surface area contributed by atoms with Crippen molar-refractivity contribution in [1.29, 1.82) is 0 Å². The quantitative estimate of drug-likeness (QED) is 0.763. The zero-order valence-electron chi connectivity index (χ0n) is 11.4. The number of hydrogen-bond donors (Lipinski definition) is 2. The van der Waals surface area contributed by atoms with E-state index in [1.54, 1.807) is 6.08 Å². The van der Waals surface area contributed by atoms with Crippen molar-refractivity contribution in [3.63, 3.8) is 0 Å². The van der Waals surface area contributed by atoms with Crippen molar-refractivity contribution in [1.82, 2.24) is 5.32 Å². The summed E-state index contributed by atoms with van der Waals surface area (Å²) in [6.07, 6.45) is 2.26. The van der Waals surface area contributed by atoms with Gasteiger partial charge in [-0.1, -0.05) is 13.0 Å². The molecule has 4 nitrogen and oxygen atoms in total. The highest BCUT2D eigenvalue weighted by molar-refractivity contribution is 5.86. The Labute approximate surface area is 108 Å². The summed E-state index contributed by atoms with van der Waals surface area (Å²) < 4.78 is 5.47. The molecule has 0 aliphatic carbocycles. The summed E-state index contributed by atoms with van der Waals surface area (Å²) in [4.78, 5) is 10.8. The topological polar surface area (TPSA) is 62.5 Å². The second-order valence-corrected chi connectivity index (χ2v) is 4.39. The van der Waals surface area contributed by atoms with Gasteiger partial charge in [-0.05, 0) is 33.3 Å². The summed E-state index contributed by atoms with van der Waals surface area (Å²) >= 11 is 0. The van der Waals surface area contributed by atoms with Crippen LogP contribution < -0.4 is 5.32 Å². The molecule has 0 aliphatic rings. The van der Waals surface area contributed by atoms with Gasteiger partial charge in [-0.25, -0.2) is 4.79 Å². The molecule has 1 rings (SSSR count). The fourth-order valence-electron chi connectivity index (χ4n) is 1.93. The van der Waals surface area contributed by atoms with Crippen LogP contribution >= 0.6 is 0 Å². The van der Waals surface area contributed by atoms with Gasteiger partial charge in [-0.15, -0.1) is 0 Å². The third-order valence-electron chi connectivity index (χ3n) is 2.97. The predicted molar refractivity (Wildman–Crippen MR) is 70.6 cm³/mol. The normalized spacial score (nSPS) is 13.7. The molecule has 0 radical (unpaired) electrons. The molecule has 0 fully saturated rings. The number of carbonyl (C=O) groups is 1. The molecule has 2 N–H and O–H groups in total. The van der Waals surface area contributed by atoms with Gasteiger partial charge in [-0.2, -0.15) is 0 Å². The first-order valence-corrected chi connectivity index (χ1v) is 6.18. The number of carboxylic acid groups (broad SMARTS) is 1. The van der Waals surface area contributed by atoms with Crippen molar-refractivity contribution in [2.75, 3.05) is 6.54 Å². The molecule has 1 heterocycles. The fourth-order valence-corrected chi connectivity index (χ4v) is 1.93. The lowest BCUT2D eigenvalue weighted by molar-refractivity contribution is -0.132. The summed E-state index contributed by atoms with van der Waals surface area (Å²) in [5.74, 6) is 0.958. The number of aliphatic carboxylic acids is 1. The highest BCUT2D eigenvalue weighted by Crippen LogP contribution is 2.20. The largest absolute Gasteiger partial charge is 0.478 e. The average molecular weight is 251 g/mol. The molecule has 0 amide bonds. The van der Waals surface area contributed by atoms with Crippen LogP contribution in [0.25, 0.3) is 0 Å². The Kier molecular flexibility index (Phi) is 5.16. The molecule has 1 unspecified atom stereocenters. The zero-order chi connectivity index (χ0) is 13.7. The van der Waals surface area contributed by atoms with Crippen molar-refractivity contribution >= 4 is 5.97 Å². The van der Waals surface area contributed by atoms with Crippen LogP contribution in [-0.2, 0) is 4.79 Å². The molecule has 1 aromatic heterocycles. The summed E-state index contributed by atoms with van der Waals surface area (Å²) in [5, 5.41) is 12.2. The molecule has 0 aliphatic heterocycles. The van der Waals surface area contributed by atoms with E-state index in [1.165, 1.54) is 0 Å². The second-order valence-electron chi connectivity index (χ2n) is 4.39. The fraction of sp³-hybridized carbons (Fsp3) is 0.500. The van der Waals surface area contributed by atoms with Crippen molar-refractivity contribution in [2.45, 2.75) is 40.2 Å². The Bertz CT molecular complexity index is 446. The van der Waals surface area contributed by atoms with Crippen LogP contribution in [0.3, 0.4) is 0 Å². The number of aryl methyl sites for hydroxylation is 2. The van der Waals surface area contributed by atoms with Gasteiger partial charge in [0.25, 0.3) is 0 Å². The molecule has 0 saturated heterocycles. The molecule has 0 saturated carbocycles. The van der Waals surface area contributed by atoms with Crippen molar-refractivity contribution in [3.05, 3.63) is 34.8 Å². The van der Waals surface area contributed by atoms with E-state index in [2.05, 4.69) is 5.32 Å². The Hall–Kier alpha value is -1.55. The van der Waals surface area contributed by atoms with Gasteiger partial charge in [0.1, 0.15) is 11.5 Å². The molecule has 1 aromatic rings. The van der Waals surface area contributed by atoms with Crippen LogP contribution in [0.15, 0.2) is 22.1 Å². The molecule has 0 aromatic carbocycles. The number of furan rings is 1. The minimum Gasteiger partial charge on any atom is -0.478 e. The first-order valence-electron chi connectivity index (χ1n) is 6.18. The third-order valence-corrected chi connectivity index (χ3v) is 2.97. The molecular weight excluding hydrogens is 230 g/mol. The van der Waals surface area contributed by atoms with Gasteiger partial charge in [0.15, 0.2) is 0 Å². The number of carboxylic acids is 1. The first-order chi connectivity index (χ1) is 8.45. The van der Waals surface area contributed by atoms with Crippen LogP contribution in [0.4, 0.5) is 0 Å². The van der Waals surface area contributed by atoms with Gasteiger partial charge in [0.2, 0.25) is 0 Å². The van der Waals surface area contributed by atoms with Crippen LogP contribution in [0.5, 0.6) is 0 Å². The van der Waals surface area contributed by atoms with Crippen molar-refractivity contribution in [3.8, 4) is 0 Å². The highest BCUT2D eigenvalue weighted by Gasteiger charge is 2.11. The van der Waals surface area contributed by atoms with Crippen LogP contribution in [0.2, 0.25) is 0 Å². The van der Waals surface area contributed by atoms with Gasteiger partial charge >= 0.3 is 5.97 Å². The van der Waals surface area contributed by atoms with Gasteiger partial charge in [0, 0.05) is 23.7 Å². The summed E-state index contributed by atoms with van der Waals surface area (Å²) in [6.45, 7) is 8.28. The maximum atomic E-state index is 10.8. The van der Waals surface area contributed by atoms with E-state index in [9.17, 15) is 4.79 Å². The standard InChI is InChI=1S/C14H21NO3/c1-5-12(14(16)17)6-7-15-10(3)13-8-9(2)18-11(13)4/h6,8,10,15H,5,7H2,1-4H3,(H,16,17)/b12-6-. The summed E-state index contributed by atoms with van der Waals surface area (Å²) in [7, 11) is 0. The first kappa shape index (κ1) is 14.5. The molecule has 4 heteroatoms. The summed E-state index contributed by atoms with van der Waals surface area (Å²) in [6, 6.07) is 2.15. The Balaban J connectivity index is 2.59. The molecule has 100 valence electrons. The monoisotopic (exact) mass is 251 g/mol. The van der Waals surface area contributed by atoms with Gasteiger partial charge in [0.05, 0.1) is 0 Å². The minimum absolute atomic E-state index is 0.144. The minimum atomic E-state index is -0.845. The SMILES string of the molecule is CC/C(=C/CNC(C)c1cc(C)oc1C)C(=O)O. The molecule has 0 bridgehead atoms. The Morgan fingerprint density at radius 2 is 2.22 bits per heavy atom. The van der Waals surface area contributed by atoms with Crippen molar-refractivity contribution in [2.24, 2.45) is 0 Å². The number of nitrogens with one attached hydrogen (secondary N) is 1. The molecule has 18 heavy (non-hydrogen) atoms. The molecule has 0 spiro atoms. The average Bonchev–Trinajstić information content (AvgIpc) is 2.63. The lowest BCUT2D eigenvalue weighted by atomic mass is 10.1. The van der Waals surface area contributed by atoms with Gasteiger partial charge in [-0.3, -0.25) is 0 Å². The third kappa shape index (κ3) is 3.74. The van der Waals surface area contributed by atoms with E-state index in [4.69, 9.17) is 9.52 Å². The molecule has 1 atom stereocenters. The Morgan fingerprint density at radius 1 is 1.56 bits per heavy atom. The van der Waals surface area contributed by atoms with Crippen LogP contribution in [-0.4, -0.2) is 17.6 Å². The smallest absolute Gasteiger partial charge is 0.331 e. The molecular formula is C14H21NO3. The van der Waals surface area contributed by atoms with E-state index in [0.29, 0.717) is 18.5 Å². The lowest BCUT2D eigenvalue weighted by Gasteiger charge is -2.11. The second kappa shape index (κ2) is 6.40.